The molecule has 0 aromatic heterocycles. The standard InChI is InChI=1S/C29H32N4O4/c1-19-14-15-21-9-4-5-10-22(21)23(19)17-33-26-12-7-6-11-25(26)32(27(35)13-8-16-34)18-24(29(33)37)31-28(36)20(2)30-3/h4-7,9-12,14-16,20,24,30H,8,13,17-18H2,1-3H3,(H,31,36)/t20-,24?/m0/s1. The predicted octanol–water partition coefficient (Wildman–Crippen LogP) is 3.10. The maximum Gasteiger partial charge on any atom is 0.251 e. The van der Waals surface area contributed by atoms with Crippen molar-refractivity contribution < 1.29 is 19.2 Å². The van der Waals surface area contributed by atoms with E-state index in [9.17, 15) is 19.2 Å². The monoisotopic (exact) mass is 500 g/mol. The summed E-state index contributed by atoms with van der Waals surface area (Å²) in [6.45, 7) is 3.96. The summed E-state index contributed by atoms with van der Waals surface area (Å²) in [5, 5.41) is 7.84. The van der Waals surface area contributed by atoms with Crippen molar-refractivity contribution in [2.24, 2.45) is 0 Å². The number of rotatable bonds is 8. The zero-order valence-corrected chi connectivity index (χ0v) is 21.4. The molecule has 4 rings (SSSR count). The van der Waals surface area contributed by atoms with Crippen molar-refractivity contribution in [1.29, 1.82) is 0 Å². The summed E-state index contributed by atoms with van der Waals surface area (Å²) in [7, 11) is 1.67. The lowest BCUT2D eigenvalue weighted by molar-refractivity contribution is -0.128. The maximum absolute atomic E-state index is 14.1. The molecule has 0 aliphatic carbocycles. The molecule has 0 saturated heterocycles. The van der Waals surface area contributed by atoms with Gasteiger partial charge in [0.25, 0.3) is 5.91 Å². The van der Waals surface area contributed by atoms with E-state index in [0.29, 0.717) is 17.7 Å². The molecule has 2 atom stereocenters. The quantitative estimate of drug-likeness (QED) is 0.463. The number of carbonyl (C=O) groups excluding carboxylic acids is 4. The molecule has 0 saturated carbocycles. The molecular weight excluding hydrogens is 468 g/mol. The fourth-order valence-corrected chi connectivity index (χ4v) is 4.65. The lowest BCUT2D eigenvalue weighted by Gasteiger charge is -2.27. The van der Waals surface area contributed by atoms with Crippen LogP contribution >= 0.6 is 0 Å². The van der Waals surface area contributed by atoms with Crippen molar-refractivity contribution in [2.75, 3.05) is 23.4 Å². The molecule has 1 aliphatic heterocycles. The van der Waals surface area contributed by atoms with Crippen LogP contribution in [0.1, 0.15) is 30.9 Å². The second-order valence-corrected chi connectivity index (χ2v) is 9.28. The number of aryl methyl sites for hydroxylation is 1. The topological polar surface area (TPSA) is 98.8 Å². The fourth-order valence-electron chi connectivity index (χ4n) is 4.65. The smallest absolute Gasteiger partial charge is 0.251 e. The number of likely N-dealkylation sites (N-methyl/N-ethyl adjacent to an activating group) is 1. The Hall–Kier alpha value is -4.04. The van der Waals surface area contributed by atoms with E-state index < -0.39 is 12.1 Å². The average Bonchev–Trinajstić information content (AvgIpc) is 3.03. The van der Waals surface area contributed by atoms with Crippen LogP contribution in [0.5, 0.6) is 0 Å². The minimum Gasteiger partial charge on any atom is -0.341 e. The number of carbonyl (C=O) groups is 4. The van der Waals surface area contributed by atoms with Crippen LogP contribution in [0.4, 0.5) is 11.4 Å². The van der Waals surface area contributed by atoms with Crippen molar-refractivity contribution in [3.63, 3.8) is 0 Å². The molecule has 8 heteroatoms. The Morgan fingerprint density at radius 3 is 2.49 bits per heavy atom. The van der Waals surface area contributed by atoms with E-state index >= 15 is 0 Å². The minimum absolute atomic E-state index is 0.0159. The van der Waals surface area contributed by atoms with Crippen molar-refractivity contribution in [3.05, 3.63) is 71.8 Å². The zero-order chi connectivity index (χ0) is 26.5. The second-order valence-electron chi connectivity index (χ2n) is 9.28. The number of hydrogen-bond acceptors (Lipinski definition) is 5. The fraction of sp³-hybridized carbons (Fsp3) is 0.310. The average molecular weight is 501 g/mol. The Morgan fingerprint density at radius 1 is 1.05 bits per heavy atom. The third-order valence-corrected chi connectivity index (χ3v) is 6.90. The van der Waals surface area contributed by atoms with E-state index in [1.54, 1.807) is 24.9 Å². The SMILES string of the molecule is CN[C@@H](C)C(=O)NC1CN(C(=O)CCC=O)c2ccccc2N(Cc2c(C)ccc3ccccc23)C1=O. The Labute approximate surface area is 216 Å². The van der Waals surface area contributed by atoms with Crippen LogP contribution in [-0.4, -0.2) is 49.7 Å². The molecule has 0 fully saturated rings. The summed E-state index contributed by atoms with van der Waals surface area (Å²) in [5.74, 6) is -0.924. The highest BCUT2D eigenvalue weighted by atomic mass is 16.2. The van der Waals surface area contributed by atoms with Crippen LogP contribution in [0.2, 0.25) is 0 Å². The first-order valence-electron chi connectivity index (χ1n) is 12.4. The largest absolute Gasteiger partial charge is 0.341 e. The van der Waals surface area contributed by atoms with Gasteiger partial charge in [0.1, 0.15) is 12.3 Å². The highest BCUT2D eigenvalue weighted by molar-refractivity contribution is 6.08. The van der Waals surface area contributed by atoms with Crippen LogP contribution in [-0.2, 0) is 25.7 Å². The zero-order valence-electron chi connectivity index (χ0n) is 21.4. The number of nitrogens with one attached hydrogen (secondary N) is 2. The summed E-state index contributed by atoms with van der Waals surface area (Å²) in [4.78, 5) is 54.3. The molecule has 1 aliphatic rings. The van der Waals surface area contributed by atoms with Gasteiger partial charge in [0.2, 0.25) is 11.8 Å². The molecule has 3 amide bonds. The first-order chi connectivity index (χ1) is 17.8. The van der Waals surface area contributed by atoms with Crippen LogP contribution in [0.25, 0.3) is 10.8 Å². The Bertz CT molecular complexity index is 1340. The number of nitrogens with zero attached hydrogens (tertiary/aromatic N) is 2. The Morgan fingerprint density at radius 2 is 1.76 bits per heavy atom. The van der Waals surface area contributed by atoms with Gasteiger partial charge >= 0.3 is 0 Å². The molecule has 192 valence electrons. The van der Waals surface area contributed by atoms with Crippen molar-refractivity contribution in [2.45, 2.75) is 45.3 Å². The van der Waals surface area contributed by atoms with E-state index in [0.717, 1.165) is 21.9 Å². The molecule has 2 N–H and O–H groups in total. The second kappa shape index (κ2) is 11.3. The predicted molar refractivity (Wildman–Crippen MR) is 144 cm³/mol. The molecule has 3 aromatic rings. The number of hydrogen-bond donors (Lipinski definition) is 2. The molecule has 0 spiro atoms. The molecule has 0 bridgehead atoms. The molecular formula is C29H32N4O4. The molecule has 8 nitrogen and oxygen atoms in total. The van der Waals surface area contributed by atoms with E-state index in [4.69, 9.17) is 0 Å². The molecule has 0 radical (unpaired) electrons. The van der Waals surface area contributed by atoms with Gasteiger partial charge in [0.15, 0.2) is 0 Å². The van der Waals surface area contributed by atoms with Gasteiger partial charge in [-0.1, -0.05) is 48.5 Å². The lowest BCUT2D eigenvalue weighted by atomic mass is 9.99. The van der Waals surface area contributed by atoms with E-state index in [2.05, 4.69) is 16.7 Å². The molecule has 3 aromatic carbocycles. The van der Waals surface area contributed by atoms with Crippen LogP contribution in [0, 0.1) is 6.92 Å². The van der Waals surface area contributed by atoms with Gasteiger partial charge in [-0.15, -0.1) is 0 Å². The Kier molecular flexibility index (Phi) is 7.98. The van der Waals surface area contributed by atoms with E-state index in [1.807, 2.05) is 55.5 Å². The third-order valence-electron chi connectivity index (χ3n) is 6.90. The molecule has 1 unspecified atom stereocenters. The summed E-state index contributed by atoms with van der Waals surface area (Å²) in [6, 6.07) is 17.9. The van der Waals surface area contributed by atoms with Crippen molar-refractivity contribution >= 4 is 46.2 Å². The number of anilines is 2. The minimum atomic E-state index is -0.967. The summed E-state index contributed by atoms with van der Waals surface area (Å²) < 4.78 is 0. The van der Waals surface area contributed by atoms with Crippen LogP contribution in [0.15, 0.2) is 60.7 Å². The highest BCUT2D eigenvalue weighted by Crippen LogP contribution is 2.35. The van der Waals surface area contributed by atoms with Crippen LogP contribution < -0.4 is 20.4 Å². The molecule has 37 heavy (non-hydrogen) atoms. The molecule has 1 heterocycles. The summed E-state index contributed by atoms with van der Waals surface area (Å²) >= 11 is 0. The van der Waals surface area contributed by atoms with Crippen LogP contribution in [0.3, 0.4) is 0 Å². The van der Waals surface area contributed by atoms with E-state index in [1.165, 1.54) is 4.90 Å². The van der Waals surface area contributed by atoms with Gasteiger partial charge in [-0.05, 0) is 54.9 Å². The lowest BCUT2D eigenvalue weighted by Crippen LogP contribution is -2.55. The number of aldehydes is 1. The summed E-state index contributed by atoms with van der Waals surface area (Å²) in [5.41, 5.74) is 3.19. The number of para-hydroxylation sites is 2. The Balaban J connectivity index is 1.82. The first-order valence-corrected chi connectivity index (χ1v) is 12.4. The van der Waals surface area contributed by atoms with Crippen molar-refractivity contribution in [3.8, 4) is 0 Å². The maximum atomic E-state index is 14.1. The number of fused-ring (bicyclic) bond motifs is 2. The number of amides is 3. The normalized spacial score (nSPS) is 16.2. The van der Waals surface area contributed by atoms with Gasteiger partial charge in [-0.25, -0.2) is 0 Å². The van der Waals surface area contributed by atoms with Gasteiger partial charge in [0.05, 0.1) is 30.5 Å². The van der Waals surface area contributed by atoms with Gasteiger partial charge < -0.3 is 25.2 Å². The van der Waals surface area contributed by atoms with Gasteiger partial charge in [-0.2, -0.15) is 0 Å². The van der Waals surface area contributed by atoms with Gasteiger partial charge in [-0.3, -0.25) is 14.4 Å². The highest BCUT2D eigenvalue weighted by Gasteiger charge is 2.37. The van der Waals surface area contributed by atoms with E-state index in [-0.39, 0.29) is 43.7 Å². The van der Waals surface area contributed by atoms with Gasteiger partial charge in [0, 0.05) is 12.8 Å². The summed E-state index contributed by atoms with van der Waals surface area (Å²) in [6.07, 6.45) is 0.802. The first kappa shape index (κ1) is 26.0. The third kappa shape index (κ3) is 5.39. The number of benzene rings is 3. The van der Waals surface area contributed by atoms with Crippen molar-refractivity contribution in [1.82, 2.24) is 10.6 Å².